The number of nitrogens with zero attached hydrogens (tertiary/aromatic N) is 4. The van der Waals surface area contributed by atoms with Crippen molar-refractivity contribution in [1.82, 2.24) is 14.9 Å². The van der Waals surface area contributed by atoms with Crippen LogP contribution in [-0.2, 0) is 6.42 Å². The van der Waals surface area contributed by atoms with Crippen LogP contribution in [0.3, 0.4) is 0 Å². The highest BCUT2D eigenvalue weighted by Gasteiger charge is 2.15. The van der Waals surface area contributed by atoms with E-state index in [9.17, 15) is 8.78 Å². The van der Waals surface area contributed by atoms with Gasteiger partial charge in [0.1, 0.15) is 0 Å². The highest BCUT2D eigenvalue weighted by atomic mass is 19.3. The van der Waals surface area contributed by atoms with Gasteiger partial charge in [-0.05, 0) is 37.2 Å². The van der Waals surface area contributed by atoms with Gasteiger partial charge in [0.2, 0.25) is 5.95 Å². The second-order valence-corrected chi connectivity index (χ2v) is 6.25. The lowest BCUT2D eigenvalue weighted by atomic mass is 10.1. The van der Waals surface area contributed by atoms with E-state index < -0.39 is 6.43 Å². The minimum absolute atomic E-state index is 0.174. The number of halogens is 2. The first-order chi connectivity index (χ1) is 12.1. The minimum atomic E-state index is -2.55. The van der Waals surface area contributed by atoms with Crippen molar-refractivity contribution >= 4 is 17.3 Å². The summed E-state index contributed by atoms with van der Waals surface area (Å²) in [6, 6.07) is 6.28. The van der Waals surface area contributed by atoms with E-state index in [1.165, 1.54) is 5.69 Å². The Bertz CT molecular complexity index is 697. The molecule has 1 aromatic heterocycles. The van der Waals surface area contributed by atoms with E-state index in [0.717, 1.165) is 56.2 Å². The standard InChI is InChI=1S/C18H23F2N5/c1-3-13-10-15(25-8-6-24(2)7-9-25)4-5-16(13)23-18-21-11-14(12-22-18)17(19)20/h4-5,10-12,17H,3,6-9H2,1-2H3,(H,21,22,23). The SMILES string of the molecule is CCc1cc(N2CCN(C)CC2)ccc1Nc1ncc(C(F)F)cn1. The fourth-order valence-electron chi connectivity index (χ4n) is 2.89. The van der Waals surface area contributed by atoms with Crippen molar-refractivity contribution in [3.8, 4) is 0 Å². The molecule has 1 N–H and O–H groups in total. The van der Waals surface area contributed by atoms with E-state index >= 15 is 0 Å². The number of hydrogen-bond donors (Lipinski definition) is 1. The highest BCUT2D eigenvalue weighted by molar-refractivity contribution is 5.64. The van der Waals surface area contributed by atoms with Crippen molar-refractivity contribution in [1.29, 1.82) is 0 Å². The van der Waals surface area contributed by atoms with E-state index in [-0.39, 0.29) is 5.56 Å². The molecule has 0 unspecified atom stereocenters. The molecule has 1 saturated heterocycles. The van der Waals surface area contributed by atoms with Crippen LogP contribution in [0.15, 0.2) is 30.6 Å². The molecule has 0 saturated carbocycles. The van der Waals surface area contributed by atoms with Crippen molar-refractivity contribution in [2.75, 3.05) is 43.4 Å². The Morgan fingerprint density at radius 2 is 1.80 bits per heavy atom. The summed E-state index contributed by atoms with van der Waals surface area (Å²) in [6.45, 7) is 6.25. The molecule has 2 aromatic rings. The molecule has 2 heterocycles. The topological polar surface area (TPSA) is 44.3 Å². The summed E-state index contributed by atoms with van der Waals surface area (Å²) in [5, 5.41) is 3.13. The van der Waals surface area contributed by atoms with Crippen molar-refractivity contribution in [2.45, 2.75) is 19.8 Å². The Kier molecular flexibility index (Phi) is 5.43. The van der Waals surface area contributed by atoms with E-state index in [0.29, 0.717) is 5.95 Å². The van der Waals surface area contributed by atoms with Gasteiger partial charge < -0.3 is 15.1 Å². The van der Waals surface area contributed by atoms with Crippen molar-refractivity contribution in [3.63, 3.8) is 0 Å². The number of aromatic nitrogens is 2. The normalized spacial score (nSPS) is 15.6. The number of hydrogen-bond acceptors (Lipinski definition) is 5. The first kappa shape index (κ1) is 17.5. The van der Waals surface area contributed by atoms with Gasteiger partial charge in [-0.1, -0.05) is 6.92 Å². The number of rotatable bonds is 5. The maximum absolute atomic E-state index is 12.6. The molecule has 0 amide bonds. The molecule has 0 aliphatic carbocycles. The van der Waals surface area contributed by atoms with Crippen LogP contribution in [0.4, 0.5) is 26.1 Å². The Balaban J connectivity index is 1.75. The number of piperazine rings is 1. The molecule has 0 bridgehead atoms. The number of likely N-dealkylation sites (N-methyl/N-ethyl adjacent to an activating group) is 1. The second-order valence-electron chi connectivity index (χ2n) is 6.25. The predicted octanol–water partition coefficient (Wildman–Crippen LogP) is 3.47. The summed E-state index contributed by atoms with van der Waals surface area (Å²) in [5.74, 6) is 0.325. The number of anilines is 3. The van der Waals surface area contributed by atoms with Gasteiger partial charge in [-0.25, -0.2) is 18.7 Å². The van der Waals surface area contributed by atoms with Crippen molar-refractivity contribution in [2.24, 2.45) is 0 Å². The molecule has 25 heavy (non-hydrogen) atoms. The summed E-state index contributed by atoms with van der Waals surface area (Å²) in [5.41, 5.74) is 3.10. The molecule has 0 radical (unpaired) electrons. The van der Waals surface area contributed by atoms with Crippen molar-refractivity contribution in [3.05, 3.63) is 41.7 Å². The minimum Gasteiger partial charge on any atom is -0.369 e. The summed E-state index contributed by atoms with van der Waals surface area (Å²) in [7, 11) is 2.14. The van der Waals surface area contributed by atoms with Gasteiger partial charge in [0, 0.05) is 49.9 Å². The van der Waals surface area contributed by atoms with Gasteiger partial charge in [-0.15, -0.1) is 0 Å². The molecule has 1 aliphatic heterocycles. The first-order valence-corrected chi connectivity index (χ1v) is 8.50. The molecule has 1 aliphatic rings. The largest absolute Gasteiger partial charge is 0.369 e. The Hall–Kier alpha value is -2.28. The fraction of sp³-hybridized carbons (Fsp3) is 0.444. The molecule has 5 nitrogen and oxygen atoms in total. The third kappa shape index (κ3) is 4.22. The van der Waals surface area contributed by atoms with Crippen LogP contribution in [0.5, 0.6) is 0 Å². The van der Waals surface area contributed by atoms with Gasteiger partial charge in [-0.2, -0.15) is 0 Å². The van der Waals surface area contributed by atoms with Gasteiger partial charge in [0.05, 0.1) is 5.56 Å². The number of aryl methyl sites for hydroxylation is 1. The summed E-state index contributed by atoms with van der Waals surface area (Å²) in [6.07, 6.45) is 0.621. The molecule has 3 rings (SSSR count). The zero-order valence-electron chi connectivity index (χ0n) is 14.5. The van der Waals surface area contributed by atoms with Crippen LogP contribution in [0.2, 0.25) is 0 Å². The molecule has 0 spiro atoms. The van der Waals surface area contributed by atoms with E-state index in [1.54, 1.807) is 0 Å². The van der Waals surface area contributed by atoms with Crippen molar-refractivity contribution < 1.29 is 8.78 Å². The summed E-state index contributed by atoms with van der Waals surface area (Å²) < 4.78 is 25.2. The molecule has 134 valence electrons. The molecule has 7 heteroatoms. The molecular formula is C18H23F2N5. The van der Waals surface area contributed by atoms with Crippen LogP contribution in [0.25, 0.3) is 0 Å². The lowest BCUT2D eigenvalue weighted by Gasteiger charge is -2.34. The average Bonchev–Trinajstić information content (AvgIpc) is 2.63. The van der Waals surface area contributed by atoms with Gasteiger partial charge in [0.25, 0.3) is 6.43 Å². The van der Waals surface area contributed by atoms with Gasteiger partial charge in [-0.3, -0.25) is 0 Å². The molecule has 1 fully saturated rings. The third-order valence-corrected chi connectivity index (χ3v) is 4.51. The van der Waals surface area contributed by atoms with Crippen LogP contribution in [0.1, 0.15) is 24.5 Å². The molecule has 1 aromatic carbocycles. The van der Waals surface area contributed by atoms with Crippen LogP contribution >= 0.6 is 0 Å². The van der Waals surface area contributed by atoms with Crippen LogP contribution < -0.4 is 10.2 Å². The van der Waals surface area contributed by atoms with Gasteiger partial charge in [0.15, 0.2) is 0 Å². The molecular weight excluding hydrogens is 324 g/mol. The monoisotopic (exact) mass is 347 g/mol. The van der Waals surface area contributed by atoms with Crippen LogP contribution in [0, 0.1) is 0 Å². The maximum atomic E-state index is 12.6. The van der Waals surface area contributed by atoms with Crippen LogP contribution in [-0.4, -0.2) is 48.1 Å². The fourth-order valence-corrected chi connectivity index (χ4v) is 2.89. The lowest BCUT2D eigenvalue weighted by Crippen LogP contribution is -2.44. The molecule has 0 atom stereocenters. The predicted molar refractivity (Wildman–Crippen MR) is 95.8 cm³/mol. The number of benzene rings is 1. The quantitative estimate of drug-likeness (QED) is 0.897. The number of nitrogens with one attached hydrogen (secondary N) is 1. The lowest BCUT2D eigenvalue weighted by molar-refractivity contribution is 0.150. The Labute approximate surface area is 146 Å². The zero-order valence-corrected chi connectivity index (χ0v) is 14.5. The first-order valence-electron chi connectivity index (χ1n) is 8.50. The van der Waals surface area contributed by atoms with E-state index in [2.05, 4.69) is 51.2 Å². The Morgan fingerprint density at radius 3 is 2.40 bits per heavy atom. The number of alkyl halides is 2. The Morgan fingerprint density at radius 1 is 1.12 bits per heavy atom. The summed E-state index contributed by atoms with van der Waals surface area (Å²) in [4.78, 5) is 12.7. The van der Waals surface area contributed by atoms with E-state index in [4.69, 9.17) is 0 Å². The zero-order chi connectivity index (χ0) is 17.8. The average molecular weight is 347 g/mol. The summed E-state index contributed by atoms with van der Waals surface area (Å²) >= 11 is 0. The maximum Gasteiger partial charge on any atom is 0.266 e. The van der Waals surface area contributed by atoms with Gasteiger partial charge >= 0.3 is 0 Å². The smallest absolute Gasteiger partial charge is 0.266 e. The second kappa shape index (κ2) is 7.74. The van der Waals surface area contributed by atoms with E-state index in [1.807, 2.05) is 6.07 Å². The highest BCUT2D eigenvalue weighted by Crippen LogP contribution is 2.26. The third-order valence-electron chi connectivity index (χ3n) is 4.51.